The smallest absolute Gasteiger partial charge is 0.0802 e. The fourth-order valence-electron chi connectivity index (χ4n) is 0.952. The Morgan fingerprint density at radius 1 is 1.55 bits per heavy atom. The van der Waals surface area contributed by atoms with Crippen LogP contribution in [0, 0.1) is 12.5 Å². The van der Waals surface area contributed by atoms with Crippen LogP contribution in [0.25, 0.3) is 0 Å². The molecule has 0 aliphatic carbocycles. The third kappa shape index (κ3) is 6.11. The molecular formula is C10H19O. The Bertz CT molecular complexity index is 114. The standard InChI is InChI=1S/C10H19O/c1-5-10(4,11)8-6-7-9(2)3/h1,5,9,11H,6-8H2,2-4H3. The lowest BCUT2D eigenvalue weighted by molar-refractivity contribution is 0.0976. The molecular weight excluding hydrogens is 136 g/mol. The fourth-order valence-corrected chi connectivity index (χ4v) is 0.952. The molecule has 1 heteroatoms. The molecule has 0 aromatic carbocycles. The zero-order chi connectivity index (χ0) is 8.91. The summed E-state index contributed by atoms with van der Waals surface area (Å²) in [6.45, 7) is 11.4. The molecule has 1 atom stereocenters. The van der Waals surface area contributed by atoms with Crippen LogP contribution in [0.5, 0.6) is 0 Å². The van der Waals surface area contributed by atoms with Crippen molar-refractivity contribution in [1.82, 2.24) is 0 Å². The van der Waals surface area contributed by atoms with Gasteiger partial charge in [0.05, 0.1) is 5.60 Å². The van der Waals surface area contributed by atoms with E-state index in [1.54, 1.807) is 6.92 Å². The second-order valence-electron chi connectivity index (χ2n) is 3.81. The van der Waals surface area contributed by atoms with Crippen molar-refractivity contribution in [3.05, 3.63) is 12.7 Å². The zero-order valence-corrected chi connectivity index (χ0v) is 7.80. The molecule has 0 aromatic rings. The first-order chi connectivity index (χ1) is 4.98. The first-order valence-electron chi connectivity index (χ1n) is 4.26. The molecule has 1 radical (unpaired) electrons. The molecule has 0 saturated carbocycles. The first-order valence-corrected chi connectivity index (χ1v) is 4.26. The maximum absolute atomic E-state index is 9.46. The van der Waals surface area contributed by atoms with Gasteiger partial charge in [0.1, 0.15) is 0 Å². The molecule has 11 heavy (non-hydrogen) atoms. The summed E-state index contributed by atoms with van der Waals surface area (Å²) in [5.74, 6) is 0.712. The van der Waals surface area contributed by atoms with Gasteiger partial charge in [-0.1, -0.05) is 39.3 Å². The summed E-state index contributed by atoms with van der Waals surface area (Å²) < 4.78 is 0. The average molecular weight is 155 g/mol. The quantitative estimate of drug-likeness (QED) is 0.647. The minimum atomic E-state index is -0.769. The third-order valence-corrected chi connectivity index (χ3v) is 1.82. The maximum atomic E-state index is 9.46. The van der Waals surface area contributed by atoms with Crippen molar-refractivity contribution < 1.29 is 5.11 Å². The van der Waals surface area contributed by atoms with E-state index in [9.17, 15) is 5.11 Å². The molecule has 0 fully saturated rings. The Morgan fingerprint density at radius 2 is 2.09 bits per heavy atom. The zero-order valence-electron chi connectivity index (χ0n) is 7.80. The summed E-state index contributed by atoms with van der Waals surface area (Å²) in [6.07, 6.45) is 4.33. The Hall–Kier alpha value is -0.300. The number of hydrogen-bond acceptors (Lipinski definition) is 1. The molecule has 65 valence electrons. The Labute approximate surface area is 70.1 Å². The van der Waals surface area contributed by atoms with E-state index in [0.717, 1.165) is 19.3 Å². The van der Waals surface area contributed by atoms with Crippen molar-refractivity contribution in [1.29, 1.82) is 0 Å². The van der Waals surface area contributed by atoms with Gasteiger partial charge in [-0.05, 0) is 19.3 Å². The molecule has 0 rings (SSSR count). The van der Waals surface area contributed by atoms with Crippen LogP contribution < -0.4 is 0 Å². The topological polar surface area (TPSA) is 20.2 Å². The van der Waals surface area contributed by atoms with Crippen LogP contribution in [-0.4, -0.2) is 10.7 Å². The highest BCUT2D eigenvalue weighted by Gasteiger charge is 2.14. The van der Waals surface area contributed by atoms with Crippen LogP contribution >= 0.6 is 0 Å². The van der Waals surface area contributed by atoms with Gasteiger partial charge in [-0.25, -0.2) is 0 Å². The predicted molar refractivity (Wildman–Crippen MR) is 48.2 cm³/mol. The van der Waals surface area contributed by atoms with Gasteiger partial charge < -0.3 is 5.11 Å². The van der Waals surface area contributed by atoms with Crippen molar-refractivity contribution >= 4 is 0 Å². The molecule has 1 unspecified atom stereocenters. The fraction of sp³-hybridized carbons (Fsp3) is 0.800. The molecule has 0 aliphatic heterocycles. The van der Waals surface area contributed by atoms with E-state index < -0.39 is 5.60 Å². The SMILES string of the molecule is [CH]=CC(C)(O)CCCC(C)C. The van der Waals surface area contributed by atoms with Gasteiger partial charge in [0.15, 0.2) is 0 Å². The van der Waals surface area contributed by atoms with E-state index in [4.69, 9.17) is 6.58 Å². The second-order valence-corrected chi connectivity index (χ2v) is 3.81. The highest BCUT2D eigenvalue weighted by Crippen LogP contribution is 2.16. The molecule has 0 spiro atoms. The van der Waals surface area contributed by atoms with E-state index in [1.165, 1.54) is 6.08 Å². The monoisotopic (exact) mass is 155 g/mol. The van der Waals surface area contributed by atoms with Crippen molar-refractivity contribution in [2.75, 3.05) is 0 Å². The van der Waals surface area contributed by atoms with E-state index >= 15 is 0 Å². The minimum absolute atomic E-state index is 0.712. The summed E-state index contributed by atoms with van der Waals surface area (Å²) in [5, 5.41) is 9.46. The maximum Gasteiger partial charge on any atom is 0.0802 e. The highest BCUT2D eigenvalue weighted by atomic mass is 16.3. The van der Waals surface area contributed by atoms with Gasteiger partial charge in [0.25, 0.3) is 0 Å². The van der Waals surface area contributed by atoms with Crippen LogP contribution in [-0.2, 0) is 0 Å². The highest BCUT2D eigenvalue weighted by molar-refractivity contribution is 4.89. The van der Waals surface area contributed by atoms with Crippen molar-refractivity contribution in [2.24, 2.45) is 5.92 Å². The molecule has 1 nitrogen and oxygen atoms in total. The predicted octanol–water partition coefficient (Wildman–Crippen LogP) is 2.55. The molecule has 1 N–H and O–H groups in total. The van der Waals surface area contributed by atoms with Crippen LogP contribution in [0.3, 0.4) is 0 Å². The average Bonchev–Trinajstić information content (AvgIpc) is 1.87. The molecule has 0 amide bonds. The van der Waals surface area contributed by atoms with Gasteiger partial charge in [0, 0.05) is 0 Å². The Balaban J connectivity index is 3.45. The lowest BCUT2D eigenvalue weighted by atomic mass is 9.96. The summed E-state index contributed by atoms with van der Waals surface area (Å²) in [5.41, 5.74) is -0.769. The van der Waals surface area contributed by atoms with Crippen LogP contribution in [0.2, 0.25) is 0 Å². The molecule has 0 aromatic heterocycles. The van der Waals surface area contributed by atoms with Gasteiger partial charge in [-0.2, -0.15) is 0 Å². The van der Waals surface area contributed by atoms with E-state index in [1.807, 2.05) is 0 Å². The van der Waals surface area contributed by atoms with Crippen molar-refractivity contribution in [3.63, 3.8) is 0 Å². The van der Waals surface area contributed by atoms with E-state index in [-0.39, 0.29) is 0 Å². The van der Waals surface area contributed by atoms with Crippen LogP contribution in [0.1, 0.15) is 40.0 Å². The minimum Gasteiger partial charge on any atom is -0.386 e. The van der Waals surface area contributed by atoms with E-state index in [0.29, 0.717) is 5.92 Å². The van der Waals surface area contributed by atoms with Crippen molar-refractivity contribution in [3.8, 4) is 0 Å². The third-order valence-electron chi connectivity index (χ3n) is 1.82. The molecule has 0 bridgehead atoms. The van der Waals surface area contributed by atoms with Crippen molar-refractivity contribution in [2.45, 2.75) is 45.6 Å². The van der Waals surface area contributed by atoms with E-state index in [2.05, 4.69) is 13.8 Å². The van der Waals surface area contributed by atoms with Gasteiger partial charge >= 0.3 is 0 Å². The molecule has 0 heterocycles. The summed E-state index contributed by atoms with van der Waals surface area (Å²) in [6, 6.07) is 0. The summed E-state index contributed by atoms with van der Waals surface area (Å²) in [7, 11) is 0. The largest absolute Gasteiger partial charge is 0.386 e. The van der Waals surface area contributed by atoms with Gasteiger partial charge in [0.2, 0.25) is 0 Å². The Kier molecular flexibility index (Phi) is 4.43. The van der Waals surface area contributed by atoms with Gasteiger partial charge in [-0.15, -0.1) is 0 Å². The first kappa shape index (κ1) is 10.7. The summed E-state index contributed by atoms with van der Waals surface area (Å²) in [4.78, 5) is 0. The Morgan fingerprint density at radius 3 is 2.45 bits per heavy atom. The van der Waals surface area contributed by atoms with Crippen LogP contribution in [0.15, 0.2) is 6.08 Å². The number of aliphatic hydroxyl groups is 1. The molecule has 0 aliphatic rings. The van der Waals surface area contributed by atoms with Crippen LogP contribution in [0.4, 0.5) is 0 Å². The summed E-state index contributed by atoms with van der Waals surface area (Å²) >= 11 is 0. The van der Waals surface area contributed by atoms with Gasteiger partial charge in [-0.3, -0.25) is 0 Å². The normalized spacial score (nSPS) is 16.5. The second kappa shape index (κ2) is 4.55. The lowest BCUT2D eigenvalue weighted by Gasteiger charge is -2.18. The molecule has 0 saturated heterocycles. The number of hydrogen-bond donors (Lipinski definition) is 1. The lowest BCUT2D eigenvalue weighted by Crippen LogP contribution is -2.19. The number of rotatable bonds is 5.